The Morgan fingerprint density at radius 3 is 2.65 bits per heavy atom. The molecule has 4 rings (SSSR count). The van der Waals surface area contributed by atoms with Crippen LogP contribution in [0.25, 0.3) is 11.3 Å². The molecule has 2 heterocycles. The predicted octanol–water partition coefficient (Wildman–Crippen LogP) is 4.58. The number of anilines is 1. The molecular weight excluding hydrogens is 439 g/mol. The maximum Gasteiger partial charge on any atom is 0.262 e. The van der Waals surface area contributed by atoms with Gasteiger partial charge in [-0.25, -0.2) is 9.97 Å². The number of fused-ring (bicyclic) bond motifs is 1. The third-order valence-electron chi connectivity index (χ3n) is 4.47. The third-order valence-corrected chi connectivity index (χ3v) is 5.21. The highest BCUT2D eigenvalue weighted by Gasteiger charge is 2.17. The summed E-state index contributed by atoms with van der Waals surface area (Å²) < 4.78 is 5.23. The van der Waals surface area contributed by atoms with Crippen LogP contribution in [0.3, 0.4) is 0 Å². The van der Waals surface area contributed by atoms with Crippen LogP contribution >= 0.6 is 23.2 Å². The Kier molecular flexibility index (Phi) is 7.44. The van der Waals surface area contributed by atoms with E-state index in [-0.39, 0.29) is 18.6 Å². The minimum Gasteiger partial charge on any atom is -0.482 e. The summed E-state index contributed by atoms with van der Waals surface area (Å²) in [5.74, 6) is 0.488. The van der Waals surface area contributed by atoms with E-state index >= 15 is 0 Å². The number of benzene rings is 2. The van der Waals surface area contributed by atoms with Gasteiger partial charge in [-0.3, -0.25) is 9.59 Å². The first-order valence-corrected chi connectivity index (χ1v) is 10.1. The highest BCUT2D eigenvalue weighted by molar-refractivity contribution is 6.42. The lowest BCUT2D eigenvalue weighted by Crippen LogP contribution is -2.25. The van der Waals surface area contributed by atoms with Crippen molar-refractivity contribution in [2.45, 2.75) is 19.9 Å². The van der Waals surface area contributed by atoms with Crippen LogP contribution in [-0.4, -0.2) is 28.9 Å². The molecule has 31 heavy (non-hydrogen) atoms. The molecule has 3 aromatic rings. The van der Waals surface area contributed by atoms with Gasteiger partial charge in [-0.2, -0.15) is 0 Å². The highest BCUT2D eigenvalue weighted by Crippen LogP contribution is 2.30. The molecule has 1 atom stereocenters. The smallest absolute Gasteiger partial charge is 0.262 e. The van der Waals surface area contributed by atoms with Crippen LogP contribution < -0.4 is 15.4 Å². The molecule has 9 heteroatoms. The lowest BCUT2D eigenvalue weighted by Gasteiger charge is -2.20. The molecule has 2 N–H and O–H groups in total. The fraction of sp³-hybridized carbons (Fsp3) is 0.182. The Hall–Kier alpha value is -3.16. The summed E-state index contributed by atoms with van der Waals surface area (Å²) in [5.41, 5.74) is 4.27. The fourth-order valence-corrected chi connectivity index (χ4v) is 3.13. The molecule has 1 aliphatic rings. The molecule has 0 saturated carbocycles. The van der Waals surface area contributed by atoms with Crippen molar-refractivity contribution in [3.05, 3.63) is 70.1 Å². The van der Waals surface area contributed by atoms with E-state index in [0.717, 1.165) is 22.5 Å². The first-order chi connectivity index (χ1) is 14.9. The summed E-state index contributed by atoms with van der Waals surface area (Å²) in [6.45, 7) is 3.83. The van der Waals surface area contributed by atoms with E-state index in [1.54, 1.807) is 24.3 Å². The predicted molar refractivity (Wildman–Crippen MR) is 120 cm³/mol. The lowest BCUT2D eigenvalue weighted by molar-refractivity contribution is -0.118. The SMILES string of the molecule is CC(NC=O)c1ccc2c(c1)NC(=O)CO2.Cc1cc(-c2ccc(Cl)c(Cl)c2)ncn1. The number of aryl methyl sites for hydroxylation is 1. The standard InChI is InChI=1S/C11H8Cl2N2.C11H12N2O3/c1-7-4-11(15-6-14-7)8-2-3-9(12)10(13)5-8;1-7(12-6-14)8-2-3-10-9(4-8)13-11(15)5-16-10/h2-6H,1H3;2-4,6-7H,5H2,1H3,(H,12,14)(H,13,15). The molecule has 0 fully saturated rings. The van der Waals surface area contributed by atoms with Crippen molar-refractivity contribution in [3.63, 3.8) is 0 Å². The summed E-state index contributed by atoms with van der Waals surface area (Å²) in [4.78, 5) is 29.7. The Balaban J connectivity index is 0.000000176. The molecule has 0 bridgehead atoms. The van der Waals surface area contributed by atoms with Crippen LogP contribution in [0.2, 0.25) is 10.0 Å². The van der Waals surface area contributed by atoms with E-state index < -0.39 is 0 Å². The van der Waals surface area contributed by atoms with Gasteiger partial charge in [-0.1, -0.05) is 35.3 Å². The Labute approximate surface area is 189 Å². The van der Waals surface area contributed by atoms with E-state index in [2.05, 4.69) is 20.6 Å². The molecule has 1 aliphatic heterocycles. The van der Waals surface area contributed by atoms with Crippen molar-refractivity contribution in [2.24, 2.45) is 0 Å². The summed E-state index contributed by atoms with van der Waals surface area (Å²) in [7, 11) is 0. The Bertz CT molecular complexity index is 1110. The highest BCUT2D eigenvalue weighted by atomic mass is 35.5. The number of nitrogens with one attached hydrogen (secondary N) is 2. The molecule has 160 valence electrons. The topological polar surface area (TPSA) is 93.2 Å². The van der Waals surface area contributed by atoms with Gasteiger partial charge in [0.2, 0.25) is 6.41 Å². The van der Waals surface area contributed by atoms with Crippen LogP contribution in [0, 0.1) is 6.92 Å². The van der Waals surface area contributed by atoms with Gasteiger partial charge in [-0.05, 0) is 49.7 Å². The van der Waals surface area contributed by atoms with E-state index in [1.807, 2.05) is 32.0 Å². The van der Waals surface area contributed by atoms with Gasteiger partial charge in [-0.15, -0.1) is 0 Å². The monoisotopic (exact) mass is 458 g/mol. The first kappa shape index (κ1) is 22.5. The molecular formula is C22H20Cl2N4O3. The summed E-state index contributed by atoms with van der Waals surface area (Å²) in [5, 5.41) is 6.44. The van der Waals surface area contributed by atoms with Gasteiger partial charge >= 0.3 is 0 Å². The lowest BCUT2D eigenvalue weighted by atomic mass is 10.1. The number of halogens is 2. The molecule has 2 amide bonds. The van der Waals surface area contributed by atoms with Crippen molar-refractivity contribution in [1.29, 1.82) is 0 Å². The summed E-state index contributed by atoms with van der Waals surface area (Å²) >= 11 is 11.8. The number of nitrogens with zero attached hydrogens (tertiary/aromatic N) is 2. The maximum atomic E-state index is 11.1. The zero-order chi connectivity index (χ0) is 22.4. The second-order valence-electron chi connectivity index (χ2n) is 6.77. The van der Waals surface area contributed by atoms with Gasteiger partial charge in [0.25, 0.3) is 5.91 Å². The molecule has 0 saturated heterocycles. The van der Waals surface area contributed by atoms with Crippen molar-refractivity contribution in [2.75, 3.05) is 11.9 Å². The number of aromatic nitrogens is 2. The number of carbonyl (C=O) groups is 2. The van der Waals surface area contributed by atoms with Gasteiger partial charge in [0.15, 0.2) is 6.61 Å². The number of amides is 2. The normalized spacial score (nSPS) is 13.0. The van der Waals surface area contributed by atoms with Crippen LogP contribution in [-0.2, 0) is 9.59 Å². The second kappa shape index (κ2) is 10.2. The van der Waals surface area contributed by atoms with Crippen molar-refractivity contribution in [3.8, 4) is 17.0 Å². The molecule has 0 radical (unpaired) electrons. The Morgan fingerprint density at radius 1 is 1.13 bits per heavy atom. The van der Waals surface area contributed by atoms with Crippen molar-refractivity contribution >= 4 is 41.2 Å². The number of carbonyl (C=O) groups excluding carboxylic acids is 2. The average Bonchev–Trinajstić information content (AvgIpc) is 2.76. The molecule has 2 aromatic carbocycles. The number of rotatable bonds is 4. The zero-order valence-corrected chi connectivity index (χ0v) is 18.4. The molecule has 1 unspecified atom stereocenters. The molecule has 1 aromatic heterocycles. The van der Waals surface area contributed by atoms with E-state index in [0.29, 0.717) is 27.9 Å². The Morgan fingerprint density at radius 2 is 1.94 bits per heavy atom. The maximum absolute atomic E-state index is 11.1. The van der Waals surface area contributed by atoms with Crippen molar-refractivity contribution in [1.82, 2.24) is 15.3 Å². The summed E-state index contributed by atoms with van der Waals surface area (Å²) in [6.07, 6.45) is 2.19. The quantitative estimate of drug-likeness (QED) is 0.557. The largest absolute Gasteiger partial charge is 0.482 e. The average molecular weight is 459 g/mol. The minimum atomic E-state index is -0.166. The zero-order valence-electron chi connectivity index (χ0n) is 16.9. The molecule has 0 aliphatic carbocycles. The van der Waals surface area contributed by atoms with Crippen LogP contribution in [0.4, 0.5) is 5.69 Å². The first-order valence-electron chi connectivity index (χ1n) is 9.37. The molecule has 0 spiro atoms. The van der Waals surface area contributed by atoms with Gasteiger partial charge < -0.3 is 15.4 Å². The van der Waals surface area contributed by atoms with E-state index in [1.165, 1.54) is 6.33 Å². The van der Waals surface area contributed by atoms with Crippen LogP contribution in [0.1, 0.15) is 24.2 Å². The number of ether oxygens (including phenoxy) is 1. The van der Waals surface area contributed by atoms with Gasteiger partial charge in [0, 0.05) is 11.3 Å². The summed E-state index contributed by atoms with van der Waals surface area (Å²) in [6, 6.07) is 12.7. The second-order valence-corrected chi connectivity index (χ2v) is 7.59. The van der Waals surface area contributed by atoms with Crippen molar-refractivity contribution < 1.29 is 14.3 Å². The van der Waals surface area contributed by atoms with Crippen LogP contribution in [0.5, 0.6) is 5.75 Å². The van der Waals surface area contributed by atoms with Crippen LogP contribution in [0.15, 0.2) is 48.8 Å². The third kappa shape index (κ3) is 5.93. The molecule has 7 nitrogen and oxygen atoms in total. The van der Waals surface area contributed by atoms with Gasteiger partial charge in [0.05, 0.1) is 27.5 Å². The minimum absolute atomic E-state index is 0.0501. The fourth-order valence-electron chi connectivity index (χ4n) is 2.84. The van der Waals surface area contributed by atoms with E-state index in [9.17, 15) is 9.59 Å². The van der Waals surface area contributed by atoms with E-state index in [4.69, 9.17) is 27.9 Å². The van der Waals surface area contributed by atoms with Gasteiger partial charge in [0.1, 0.15) is 12.1 Å². The number of hydrogen-bond donors (Lipinski definition) is 2. The number of hydrogen-bond acceptors (Lipinski definition) is 5.